The minimum absolute atomic E-state index is 0.185. The lowest BCUT2D eigenvalue weighted by Gasteiger charge is -2.10. The summed E-state index contributed by atoms with van der Waals surface area (Å²) in [7, 11) is 0. The minimum Gasteiger partial charge on any atom is -0.464 e. The van der Waals surface area contributed by atoms with E-state index in [0.29, 0.717) is 5.56 Å². The van der Waals surface area contributed by atoms with Gasteiger partial charge in [-0.2, -0.15) is 0 Å². The third-order valence-electron chi connectivity index (χ3n) is 2.04. The summed E-state index contributed by atoms with van der Waals surface area (Å²) in [6.45, 7) is 3.88. The molecule has 0 radical (unpaired) electrons. The molecule has 94 valence electrons. The molecule has 0 saturated carbocycles. The Hall–Kier alpha value is -0.550. The van der Waals surface area contributed by atoms with Crippen molar-refractivity contribution in [2.24, 2.45) is 0 Å². The number of thioether (sulfide) groups is 1. The summed E-state index contributed by atoms with van der Waals surface area (Å²) in [5.41, 5.74) is 0.316. The van der Waals surface area contributed by atoms with Crippen LogP contribution in [0.3, 0.4) is 0 Å². The van der Waals surface area contributed by atoms with E-state index in [1.54, 1.807) is 36.9 Å². The number of benzene rings is 1. The highest BCUT2D eigenvalue weighted by Gasteiger charge is 2.21. The molecule has 1 aromatic carbocycles. The highest BCUT2D eigenvalue weighted by atomic mass is 79.9. The molecule has 5 heteroatoms. The fourth-order valence-corrected chi connectivity index (χ4v) is 2.71. The molecule has 0 fully saturated rings. The highest BCUT2D eigenvalue weighted by molar-refractivity contribution is 9.10. The Balaban J connectivity index is 2.85. The van der Waals surface area contributed by atoms with E-state index in [9.17, 15) is 9.18 Å². The molecule has 0 saturated heterocycles. The van der Waals surface area contributed by atoms with Crippen molar-refractivity contribution in [3.8, 4) is 0 Å². The molecule has 1 rings (SSSR count). The van der Waals surface area contributed by atoms with Crippen LogP contribution in [0, 0.1) is 0 Å². The fraction of sp³-hybridized carbons (Fsp3) is 0.417. The van der Waals surface area contributed by atoms with Crippen LogP contribution in [0.15, 0.2) is 27.6 Å². The van der Waals surface area contributed by atoms with Gasteiger partial charge in [0.05, 0.1) is 6.61 Å². The van der Waals surface area contributed by atoms with Crippen LogP contribution in [-0.4, -0.2) is 18.3 Å². The Morgan fingerprint density at radius 2 is 2.24 bits per heavy atom. The first-order chi connectivity index (χ1) is 8.10. The number of carbonyl (C=O) groups is 1. The number of alkyl halides is 1. The molecule has 0 aliphatic rings. The molecule has 1 unspecified atom stereocenters. The van der Waals surface area contributed by atoms with Crippen molar-refractivity contribution in [1.29, 1.82) is 0 Å². The summed E-state index contributed by atoms with van der Waals surface area (Å²) in [5.74, 6) is 0.102. The molecular formula is C12H14BrFO2S. The molecule has 1 atom stereocenters. The van der Waals surface area contributed by atoms with Crippen molar-refractivity contribution in [2.75, 3.05) is 12.4 Å². The lowest BCUT2D eigenvalue weighted by molar-refractivity contribution is -0.149. The zero-order chi connectivity index (χ0) is 12.8. The van der Waals surface area contributed by atoms with Gasteiger partial charge in [-0.05, 0) is 46.3 Å². The first-order valence-corrected chi connectivity index (χ1v) is 7.11. The van der Waals surface area contributed by atoms with Gasteiger partial charge in [0.1, 0.15) is 0 Å². The van der Waals surface area contributed by atoms with Crippen molar-refractivity contribution in [3.63, 3.8) is 0 Å². The second kappa shape index (κ2) is 7.01. The highest BCUT2D eigenvalue weighted by Crippen LogP contribution is 2.31. The number of hydrogen-bond donors (Lipinski definition) is 0. The second-order valence-electron chi connectivity index (χ2n) is 3.24. The monoisotopic (exact) mass is 320 g/mol. The zero-order valence-electron chi connectivity index (χ0n) is 9.70. The molecule has 1 aromatic rings. The van der Waals surface area contributed by atoms with Gasteiger partial charge in [-0.25, -0.2) is 9.18 Å². The van der Waals surface area contributed by atoms with E-state index in [1.165, 1.54) is 0 Å². The van der Waals surface area contributed by atoms with Gasteiger partial charge in [-0.15, -0.1) is 11.8 Å². The van der Waals surface area contributed by atoms with Crippen LogP contribution in [0.5, 0.6) is 0 Å². The Kier molecular flexibility index (Phi) is 5.98. The zero-order valence-corrected chi connectivity index (χ0v) is 12.1. The molecule has 0 spiro atoms. The van der Waals surface area contributed by atoms with Crippen LogP contribution in [0.4, 0.5) is 4.39 Å². The second-order valence-corrected chi connectivity index (χ2v) is 5.40. The lowest BCUT2D eigenvalue weighted by atomic mass is 10.1. The van der Waals surface area contributed by atoms with Crippen LogP contribution in [0.1, 0.15) is 25.6 Å². The molecule has 17 heavy (non-hydrogen) atoms. The van der Waals surface area contributed by atoms with Gasteiger partial charge in [-0.1, -0.05) is 13.0 Å². The number of ether oxygens (including phenoxy) is 1. The summed E-state index contributed by atoms with van der Waals surface area (Å²) >= 11 is 5.02. The van der Waals surface area contributed by atoms with Gasteiger partial charge in [0.25, 0.3) is 0 Å². The maximum absolute atomic E-state index is 13.7. The van der Waals surface area contributed by atoms with Gasteiger partial charge in [-0.3, -0.25) is 0 Å². The predicted octanol–water partition coefficient (Wildman–Crippen LogP) is 4.13. The Morgan fingerprint density at radius 1 is 1.53 bits per heavy atom. The summed E-state index contributed by atoms with van der Waals surface area (Å²) < 4.78 is 19.2. The minimum atomic E-state index is -1.72. The number of halogens is 2. The Labute approximate surface area is 113 Å². The molecule has 0 aliphatic heterocycles. The van der Waals surface area contributed by atoms with Gasteiger partial charge in [0.2, 0.25) is 6.17 Å². The molecule has 0 heterocycles. The van der Waals surface area contributed by atoms with E-state index in [4.69, 9.17) is 0 Å². The molecule has 0 aliphatic carbocycles. The first-order valence-electron chi connectivity index (χ1n) is 5.33. The van der Waals surface area contributed by atoms with Crippen molar-refractivity contribution in [2.45, 2.75) is 24.9 Å². The maximum Gasteiger partial charge on any atom is 0.345 e. The molecule has 0 bridgehead atoms. The normalized spacial score (nSPS) is 12.2. The summed E-state index contributed by atoms with van der Waals surface area (Å²) in [6.07, 6.45) is -1.72. The van der Waals surface area contributed by atoms with Crippen LogP contribution < -0.4 is 0 Å². The van der Waals surface area contributed by atoms with Gasteiger partial charge in [0.15, 0.2) is 0 Å². The molecule has 2 nitrogen and oxygen atoms in total. The standard InChI is InChI=1S/C12H14BrFO2S/c1-3-16-12(15)11(14)8-5-6-10(17-4-2)9(13)7-8/h5-7,11H,3-4H2,1-2H3. The number of esters is 1. The third-order valence-corrected chi connectivity index (χ3v) is 3.92. The lowest BCUT2D eigenvalue weighted by Crippen LogP contribution is -2.11. The quantitative estimate of drug-likeness (QED) is 0.602. The Bertz CT molecular complexity index is 398. The average molecular weight is 321 g/mol. The van der Waals surface area contributed by atoms with Crippen LogP contribution in [0.25, 0.3) is 0 Å². The average Bonchev–Trinajstić information content (AvgIpc) is 2.31. The Morgan fingerprint density at radius 3 is 2.76 bits per heavy atom. The largest absolute Gasteiger partial charge is 0.464 e. The van der Waals surface area contributed by atoms with E-state index < -0.39 is 12.1 Å². The topological polar surface area (TPSA) is 26.3 Å². The van der Waals surface area contributed by atoms with E-state index in [0.717, 1.165) is 15.1 Å². The van der Waals surface area contributed by atoms with Crippen molar-refractivity contribution in [3.05, 3.63) is 28.2 Å². The molecular weight excluding hydrogens is 307 g/mol. The van der Waals surface area contributed by atoms with Gasteiger partial charge in [0, 0.05) is 9.37 Å². The summed E-state index contributed by atoms with van der Waals surface area (Å²) in [5, 5.41) is 0. The van der Waals surface area contributed by atoms with E-state index in [1.807, 2.05) is 6.92 Å². The molecule has 0 aromatic heterocycles. The molecule has 0 amide bonds. The summed E-state index contributed by atoms with van der Waals surface area (Å²) in [6, 6.07) is 5.04. The number of carbonyl (C=O) groups excluding carboxylic acids is 1. The first kappa shape index (κ1) is 14.5. The predicted molar refractivity (Wildman–Crippen MR) is 71.0 cm³/mol. The maximum atomic E-state index is 13.7. The van der Waals surface area contributed by atoms with E-state index in [-0.39, 0.29) is 6.61 Å². The van der Waals surface area contributed by atoms with Crippen molar-refractivity contribution >= 4 is 33.7 Å². The van der Waals surface area contributed by atoms with Crippen molar-refractivity contribution < 1.29 is 13.9 Å². The number of rotatable bonds is 5. The van der Waals surface area contributed by atoms with Crippen LogP contribution in [0.2, 0.25) is 0 Å². The van der Waals surface area contributed by atoms with Crippen LogP contribution in [-0.2, 0) is 9.53 Å². The summed E-state index contributed by atoms with van der Waals surface area (Å²) in [4.78, 5) is 12.3. The molecule has 0 N–H and O–H groups in total. The SMILES string of the molecule is CCOC(=O)C(F)c1ccc(SCC)c(Br)c1. The van der Waals surface area contributed by atoms with Crippen molar-refractivity contribution in [1.82, 2.24) is 0 Å². The van der Waals surface area contributed by atoms with Gasteiger partial charge >= 0.3 is 5.97 Å². The van der Waals surface area contributed by atoms with Crippen LogP contribution >= 0.6 is 27.7 Å². The smallest absolute Gasteiger partial charge is 0.345 e. The number of hydrogen-bond acceptors (Lipinski definition) is 3. The fourth-order valence-electron chi connectivity index (χ4n) is 1.30. The van der Waals surface area contributed by atoms with E-state index >= 15 is 0 Å². The van der Waals surface area contributed by atoms with E-state index in [2.05, 4.69) is 20.7 Å². The van der Waals surface area contributed by atoms with Gasteiger partial charge < -0.3 is 4.74 Å². The third kappa shape index (κ3) is 4.00.